The van der Waals surface area contributed by atoms with Crippen LogP contribution in [0.3, 0.4) is 0 Å². The van der Waals surface area contributed by atoms with E-state index in [2.05, 4.69) is 22.2 Å². The zero-order valence-electron chi connectivity index (χ0n) is 11.0. The second kappa shape index (κ2) is 6.58. The Hall–Kier alpha value is -1.53. The lowest BCUT2D eigenvalue weighted by Gasteiger charge is -2.17. The molecule has 0 bridgehead atoms. The van der Waals surface area contributed by atoms with Gasteiger partial charge in [-0.1, -0.05) is 6.92 Å². The molecule has 0 aromatic carbocycles. The number of nitrogens with zero attached hydrogens (tertiary/aromatic N) is 2. The van der Waals surface area contributed by atoms with Crippen LogP contribution in [-0.4, -0.2) is 40.3 Å². The van der Waals surface area contributed by atoms with Gasteiger partial charge in [-0.05, 0) is 18.8 Å². The Labute approximate surface area is 112 Å². The minimum atomic E-state index is -0.993. The van der Waals surface area contributed by atoms with Crippen molar-refractivity contribution in [2.75, 3.05) is 13.2 Å². The number of aromatic carboxylic acids is 1. The quantitative estimate of drug-likeness (QED) is 0.800. The number of ether oxygens (including phenoxy) is 1. The van der Waals surface area contributed by atoms with Gasteiger partial charge in [-0.3, -0.25) is 0 Å². The van der Waals surface area contributed by atoms with E-state index in [4.69, 9.17) is 9.84 Å². The maximum absolute atomic E-state index is 11.0. The summed E-state index contributed by atoms with van der Waals surface area (Å²) in [6, 6.07) is 0. The normalized spacial score (nSPS) is 22.6. The molecule has 2 rings (SSSR count). The first-order valence-corrected chi connectivity index (χ1v) is 6.56. The highest BCUT2D eigenvalue weighted by atomic mass is 16.5. The fraction of sp³-hybridized carbons (Fsp3) is 0.615. The summed E-state index contributed by atoms with van der Waals surface area (Å²) < 4.78 is 5.62. The molecule has 2 N–H and O–H groups in total. The Kier molecular flexibility index (Phi) is 4.81. The lowest BCUT2D eigenvalue weighted by atomic mass is 10.00. The average molecular weight is 265 g/mol. The predicted molar refractivity (Wildman–Crippen MR) is 68.8 cm³/mol. The minimum Gasteiger partial charge on any atom is -0.478 e. The standard InChI is InChI=1S/C13H19N3O3/c1-2-12-9(3-4-19-12)5-14-7-11-10(13(17)18)6-15-8-16-11/h6,8-9,12,14H,2-5,7H2,1H3,(H,17,18). The molecular formula is C13H19N3O3. The van der Waals surface area contributed by atoms with Crippen LogP contribution in [0.25, 0.3) is 0 Å². The van der Waals surface area contributed by atoms with Crippen molar-refractivity contribution >= 4 is 5.97 Å². The molecule has 0 spiro atoms. The Morgan fingerprint density at radius 2 is 2.47 bits per heavy atom. The van der Waals surface area contributed by atoms with E-state index >= 15 is 0 Å². The van der Waals surface area contributed by atoms with Gasteiger partial charge in [-0.15, -0.1) is 0 Å². The molecule has 6 heteroatoms. The minimum absolute atomic E-state index is 0.157. The highest BCUT2D eigenvalue weighted by Crippen LogP contribution is 2.22. The molecule has 6 nitrogen and oxygen atoms in total. The molecule has 2 atom stereocenters. The molecule has 1 aliphatic heterocycles. The highest BCUT2D eigenvalue weighted by Gasteiger charge is 2.26. The topological polar surface area (TPSA) is 84.3 Å². The molecule has 1 aliphatic rings. The van der Waals surface area contributed by atoms with Gasteiger partial charge >= 0.3 is 5.97 Å². The first-order valence-electron chi connectivity index (χ1n) is 6.56. The molecule has 1 aromatic heterocycles. The summed E-state index contributed by atoms with van der Waals surface area (Å²) in [6.07, 6.45) is 5.09. The summed E-state index contributed by atoms with van der Waals surface area (Å²) in [5.74, 6) is -0.492. The van der Waals surface area contributed by atoms with Crippen molar-refractivity contribution in [1.82, 2.24) is 15.3 Å². The third-order valence-corrected chi connectivity index (χ3v) is 3.47. The van der Waals surface area contributed by atoms with E-state index in [9.17, 15) is 4.79 Å². The van der Waals surface area contributed by atoms with E-state index in [0.29, 0.717) is 24.3 Å². The van der Waals surface area contributed by atoms with Crippen molar-refractivity contribution in [3.63, 3.8) is 0 Å². The summed E-state index contributed by atoms with van der Waals surface area (Å²) in [5, 5.41) is 12.3. The van der Waals surface area contributed by atoms with Gasteiger partial charge in [0.1, 0.15) is 11.9 Å². The molecule has 19 heavy (non-hydrogen) atoms. The first kappa shape index (κ1) is 13.9. The van der Waals surface area contributed by atoms with E-state index in [1.807, 2.05) is 0 Å². The number of hydrogen-bond acceptors (Lipinski definition) is 5. The Balaban J connectivity index is 1.87. The number of carbonyl (C=O) groups is 1. The van der Waals surface area contributed by atoms with E-state index in [-0.39, 0.29) is 5.56 Å². The third-order valence-electron chi connectivity index (χ3n) is 3.47. The van der Waals surface area contributed by atoms with Crippen molar-refractivity contribution < 1.29 is 14.6 Å². The molecule has 1 fully saturated rings. The van der Waals surface area contributed by atoms with Gasteiger partial charge in [0.05, 0.1) is 11.8 Å². The van der Waals surface area contributed by atoms with Crippen molar-refractivity contribution in [2.45, 2.75) is 32.4 Å². The van der Waals surface area contributed by atoms with Gasteiger partial charge < -0.3 is 15.2 Å². The summed E-state index contributed by atoms with van der Waals surface area (Å²) >= 11 is 0. The van der Waals surface area contributed by atoms with Crippen LogP contribution in [0.5, 0.6) is 0 Å². The van der Waals surface area contributed by atoms with E-state index < -0.39 is 5.97 Å². The molecule has 2 unspecified atom stereocenters. The molecule has 1 aromatic rings. The smallest absolute Gasteiger partial charge is 0.339 e. The van der Waals surface area contributed by atoms with Crippen molar-refractivity contribution in [3.8, 4) is 0 Å². The number of nitrogens with one attached hydrogen (secondary N) is 1. The van der Waals surface area contributed by atoms with Crippen LogP contribution in [-0.2, 0) is 11.3 Å². The monoisotopic (exact) mass is 265 g/mol. The van der Waals surface area contributed by atoms with Crippen molar-refractivity contribution in [2.24, 2.45) is 5.92 Å². The first-order chi connectivity index (χ1) is 9.22. The molecule has 104 valence electrons. The average Bonchev–Trinajstić information content (AvgIpc) is 2.86. The van der Waals surface area contributed by atoms with Crippen LogP contribution >= 0.6 is 0 Å². The van der Waals surface area contributed by atoms with Gasteiger partial charge in [0.2, 0.25) is 0 Å². The largest absolute Gasteiger partial charge is 0.478 e. The van der Waals surface area contributed by atoms with Crippen molar-refractivity contribution in [3.05, 3.63) is 23.8 Å². The summed E-state index contributed by atoms with van der Waals surface area (Å²) in [5.41, 5.74) is 0.680. The Bertz CT molecular complexity index is 439. The van der Waals surface area contributed by atoms with Gasteiger partial charge in [-0.2, -0.15) is 0 Å². The van der Waals surface area contributed by atoms with Crippen LogP contribution < -0.4 is 5.32 Å². The van der Waals surface area contributed by atoms with Gasteiger partial charge in [0.25, 0.3) is 0 Å². The van der Waals surface area contributed by atoms with E-state index in [1.54, 1.807) is 0 Å². The number of carboxylic acids is 1. The summed E-state index contributed by atoms with van der Waals surface area (Å²) in [6.45, 7) is 4.20. The molecule has 0 saturated carbocycles. The van der Waals surface area contributed by atoms with Crippen LogP contribution in [0.15, 0.2) is 12.5 Å². The van der Waals surface area contributed by atoms with Crippen LogP contribution in [0.2, 0.25) is 0 Å². The molecular weight excluding hydrogens is 246 g/mol. The fourth-order valence-corrected chi connectivity index (χ4v) is 2.43. The summed E-state index contributed by atoms with van der Waals surface area (Å²) in [4.78, 5) is 18.8. The van der Waals surface area contributed by atoms with E-state index in [0.717, 1.165) is 26.0 Å². The Morgan fingerprint density at radius 1 is 1.63 bits per heavy atom. The second-order valence-corrected chi connectivity index (χ2v) is 4.69. The predicted octanol–water partition coefficient (Wildman–Crippen LogP) is 1.08. The van der Waals surface area contributed by atoms with Gasteiger partial charge in [0, 0.05) is 25.9 Å². The molecule has 1 saturated heterocycles. The van der Waals surface area contributed by atoms with Gasteiger partial charge in [0.15, 0.2) is 0 Å². The van der Waals surface area contributed by atoms with Crippen LogP contribution in [0.1, 0.15) is 35.8 Å². The lowest BCUT2D eigenvalue weighted by Crippen LogP contribution is -2.28. The molecule has 0 radical (unpaired) electrons. The van der Waals surface area contributed by atoms with Gasteiger partial charge in [-0.25, -0.2) is 14.8 Å². The molecule has 2 heterocycles. The molecule has 0 amide bonds. The SMILES string of the molecule is CCC1OCCC1CNCc1ncncc1C(=O)O. The van der Waals surface area contributed by atoms with Crippen molar-refractivity contribution in [1.29, 1.82) is 0 Å². The number of carboxylic acid groups (broad SMARTS) is 1. The summed E-state index contributed by atoms with van der Waals surface area (Å²) in [7, 11) is 0. The highest BCUT2D eigenvalue weighted by molar-refractivity contribution is 5.88. The third kappa shape index (κ3) is 3.48. The Morgan fingerprint density at radius 3 is 3.21 bits per heavy atom. The maximum atomic E-state index is 11.0. The van der Waals surface area contributed by atoms with Crippen LogP contribution in [0.4, 0.5) is 0 Å². The van der Waals surface area contributed by atoms with Crippen LogP contribution in [0, 0.1) is 5.92 Å². The van der Waals surface area contributed by atoms with E-state index in [1.165, 1.54) is 12.5 Å². The lowest BCUT2D eigenvalue weighted by molar-refractivity contribution is 0.0694. The number of rotatable bonds is 6. The zero-order chi connectivity index (χ0) is 13.7. The number of aromatic nitrogens is 2. The fourth-order valence-electron chi connectivity index (χ4n) is 2.43. The second-order valence-electron chi connectivity index (χ2n) is 4.69. The molecule has 0 aliphatic carbocycles. The maximum Gasteiger partial charge on any atom is 0.339 e. The number of hydrogen-bond donors (Lipinski definition) is 2. The zero-order valence-corrected chi connectivity index (χ0v) is 11.0.